The van der Waals surface area contributed by atoms with Crippen LogP contribution >= 0.6 is 23.2 Å². The number of nitrogens with zero attached hydrogens (tertiary/aromatic N) is 2. The van der Waals surface area contributed by atoms with Gasteiger partial charge in [-0.15, -0.1) is 0 Å². The molecule has 0 spiro atoms. The standard InChI is InChI=1S/C15H14Cl2N2O4/c1-9(14(21)22)7-19-13(20)6-12(17)18(15(19)23)8-10-2-4-11(16)5-3-10/h2-6,9H,7-8H2,1H3,(H,21,22). The molecule has 0 aliphatic carbocycles. The first-order valence-corrected chi connectivity index (χ1v) is 7.52. The van der Waals surface area contributed by atoms with E-state index in [4.69, 9.17) is 28.3 Å². The number of carboxylic acids is 1. The first kappa shape index (κ1) is 17.3. The molecule has 23 heavy (non-hydrogen) atoms. The molecule has 0 aliphatic heterocycles. The molecule has 1 aromatic carbocycles. The summed E-state index contributed by atoms with van der Waals surface area (Å²) in [6.45, 7) is 1.35. The summed E-state index contributed by atoms with van der Waals surface area (Å²) in [6.07, 6.45) is 0. The van der Waals surface area contributed by atoms with Crippen LogP contribution in [0.3, 0.4) is 0 Å². The highest BCUT2D eigenvalue weighted by molar-refractivity contribution is 6.30. The molecule has 8 heteroatoms. The summed E-state index contributed by atoms with van der Waals surface area (Å²) >= 11 is 11.8. The van der Waals surface area contributed by atoms with Crippen LogP contribution in [0.4, 0.5) is 0 Å². The molecule has 0 saturated heterocycles. The van der Waals surface area contributed by atoms with Crippen LogP contribution in [0.1, 0.15) is 12.5 Å². The minimum atomic E-state index is -1.09. The second kappa shape index (κ2) is 7.02. The molecule has 0 radical (unpaired) electrons. The normalized spacial score (nSPS) is 12.1. The molecular formula is C15H14Cl2N2O4. The van der Waals surface area contributed by atoms with Crippen molar-refractivity contribution in [3.05, 3.63) is 66.9 Å². The minimum absolute atomic E-state index is 0.00539. The van der Waals surface area contributed by atoms with Crippen LogP contribution < -0.4 is 11.2 Å². The van der Waals surface area contributed by atoms with Crippen LogP contribution in [0.2, 0.25) is 10.2 Å². The molecule has 1 atom stereocenters. The highest BCUT2D eigenvalue weighted by atomic mass is 35.5. The summed E-state index contributed by atoms with van der Waals surface area (Å²) in [4.78, 5) is 35.3. The van der Waals surface area contributed by atoms with E-state index in [0.29, 0.717) is 5.02 Å². The summed E-state index contributed by atoms with van der Waals surface area (Å²) in [5.41, 5.74) is -0.499. The largest absolute Gasteiger partial charge is 0.481 e. The van der Waals surface area contributed by atoms with Gasteiger partial charge in [0.2, 0.25) is 0 Å². The van der Waals surface area contributed by atoms with Crippen molar-refractivity contribution in [3.8, 4) is 0 Å². The fourth-order valence-corrected chi connectivity index (χ4v) is 2.38. The summed E-state index contributed by atoms with van der Waals surface area (Å²) in [5.74, 6) is -1.96. The number of aromatic nitrogens is 2. The highest BCUT2D eigenvalue weighted by Gasteiger charge is 2.17. The number of aliphatic carboxylic acids is 1. The molecule has 6 nitrogen and oxygen atoms in total. The van der Waals surface area contributed by atoms with Gasteiger partial charge in [-0.1, -0.05) is 42.3 Å². The Balaban J connectivity index is 2.44. The van der Waals surface area contributed by atoms with E-state index in [2.05, 4.69) is 0 Å². The van der Waals surface area contributed by atoms with E-state index in [1.54, 1.807) is 24.3 Å². The summed E-state index contributed by atoms with van der Waals surface area (Å²) < 4.78 is 2.08. The van der Waals surface area contributed by atoms with Crippen LogP contribution in [0.25, 0.3) is 0 Å². The van der Waals surface area contributed by atoms with Crippen molar-refractivity contribution in [2.45, 2.75) is 20.0 Å². The van der Waals surface area contributed by atoms with Crippen molar-refractivity contribution < 1.29 is 9.90 Å². The number of carboxylic acid groups (broad SMARTS) is 1. The molecule has 122 valence electrons. The number of hydrogen-bond donors (Lipinski definition) is 1. The summed E-state index contributed by atoms with van der Waals surface area (Å²) in [6, 6.07) is 7.94. The molecule has 0 fully saturated rings. The lowest BCUT2D eigenvalue weighted by atomic mass is 10.2. The molecule has 1 N–H and O–H groups in total. The Morgan fingerprint density at radius 3 is 2.35 bits per heavy atom. The number of halogens is 2. The fourth-order valence-electron chi connectivity index (χ4n) is 2.02. The van der Waals surface area contributed by atoms with E-state index in [1.807, 2.05) is 0 Å². The van der Waals surface area contributed by atoms with Gasteiger partial charge in [-0.3, -0.25) is 18.7 Å². The smallest absolute Gasteiger partial charge is 0.332 e. The number of benzene rings is 1. The van der Waals surface area contributed by atoms with E-state index >= 15 is 0 Å². The number of carbonyl (C=O) groups is 1. The maximum absolute atomic E-state index is 12.5. The lowest BCUT2D eigenvalue weighted by molar-refractivity contribution is -0.141. The molecule has 2 rings (SSSR count). The van der Waals surface area contributed by atoms with Crippen molar-refractivity contribution in [2.75, 3.05) is 0 Å². The minimum Gasteiger partial charge on any atom is -0.481 e. The zero-order valence-electron chi connectivity index (χ0n) is 12.2. The molecule has 1 heterocycles. The fraction of sp³-hybridized carbons (Fsp3) is 0.267. The van der Waals surface area contributed by atoms with Gasteiger partial charge in [0.05, 0.1) is 12.5 Å². The molecule has 2 aromatic rings. The third-order valence-electron chi connectivity index (χ3n) is 3.36. The maximum Gasteiger partial charge on any atom is 0.332 e. The SMILES string of the molecule is CC(Cn1c(=O)cc(Cl)n(Cc2ccc(Cl)cc2)c1=O)C(=O)O. The van der Waals surface area contributed by atoms with Gasteiger partial charge in [0, 0.05) is 17.6 Å². The summed E-state index contributed by atoms with van der Waals surface area (Å²) in [5, 5.41) is 9.50. The number of rotatable bonds is 5. The van der Waals surface area contributed by atoms with Crippen molar-refractivity contribution >= 4 is 29.2 Å². The van der Waals surface area contributed by atoms with Gasteiger partial charge >= 0.3 is 11.7 Å². The van der Waals surface area contributed by atoms with Gasteiger partial charge < -0.3 is 5.11 Å². The lowest BCUT2D eigenvalue weighted by Crippen LogP contribution is -2.42. The van der Waals surface area contributed by atoms with Crippen molar-refractivity contribution in [3.63, 3.8) is 0 Å². The Morgan fingerprint density at radius 2 is 1.78 bits per heavy atom. The predicted octanol–water partition coefficient (Wildman–Crippen LogP) is 2.09. The Hall–Kier alpha value is -2.05. The third-order valence-corrected chi connectivity index (χ3v) is 3.93. The zero-order chi connectivity index (χ0) is 17.1. The summed E-state index contributed by atoms with van der Waals surface area (Å²) in [7, 11) is 0. The Bertz CT molecular complexity index is 840. The second-order valence-corrected chi connectivity index (χ2v) is 5.97. The van der Waals surface area contributed by atoms with Crippen molar-refractivity contribution in [1.82, 2.24) is 9.13 Å². The Labute approximate surface area is 141 Å². The lowest BCUT2D eigenvalue weighted by Gasteiger charge is -2.13. The van der Waals surface area contributed by atoms with Gasteiger partial charge in [-0.05, 0) is 17.7 Å². The van der Waals surface area contributed by atoms with Gasteiger partial charge in [0.1, 0.15) is 5.15 Å². The predicted molar refractivity (Wildman–Crippen MR) is 87.3 cm³/mol. The first-order chi connectivity index (χ1) is 10.8. The van der Waals surface area contributed by atoms with Crippen LogP contribution in [0, 0.1) is 5.92 Å². The molecule has 0 amide bonds. The molecule has 0 aliphatic rings. The van der Waals surface area contributed by atoms with E-state index in [0.717, 1.165) is 16.2 Å². The first-order valence-electron chi connectivity index (χ1n) is 6.77. The quantitative estimate of drug-likeness (QED) is 0.831. The molecule has 1 aromatic heterocycles. The maximum atomic E-state index is 12.5. The Kier molecular flexibility index (Phi) is 5.28. The molecule has 1 unspecified atom stereocenters. The van der Waals surface area contributed by atoms with E-state index in [1.165, 1.54) is 11.5 Å². The topological polar surface area (TPSA) is 81.3 Å². The van der Waals surface area contributed by atoms with Gasteiger partial charge in [-0.25, -0.2) is 4.79 Å². The molecular weight excluding hydrogens is 343 g/mol. The van der Waals surface area contributed by atoms with Gasteiger partial charge in [-0.2, -0.15) is 0 Å². The average Bonchev–Trinajstić information content (AvgIpc) is 2.49. The number of hydrogen-bond acceptors (Lipinski definition) is 3. The molecule has 0 saturated carbocycles. The zero-order valence-corrected chi connectivity index (χ0v) is 13.7. The van der Waals surface area contributed by atoms with E-state index in [9.17, 15) is 14.4 Å². The van der Waals surface area contributed by atoms with Crippen LogP contribution in [-0.2, 0) is 17.9 Å². The van der Waals surface area contributed by atoms with Crippen LogP contribution in [-0.4, -0.2) is 20.2 Å². The van der Waals surface area contributed by atoms with Crippen LogP contribution in [0.15, 0.2) is 39.9 Å². The van der Waals surface area contributed by atoms with Crippen molar-refractivity contribution in [1.29, 1.82) is 0 Å². The van der Waals surface area contributed by atoms with E-state index < -0.39 is 23.1 Å². The van der Waals surface area contributed by atoms with Gasteiger partial charge in [0.25, 0.3) is 5.56 Å². The highest BCUT2D eigenvalue weighted by Crippen LogP contribution is 2.12. The molecule has 0 bridgehead atoms. The Morgan fingerprint density at radius 1 is 1.17 bits per heavy atom. The average molecular weight is 357 g/mol. The monoisotopic (exact) mass is 356 g/mol. The van der Waals surface area contributed by atoms with E-state index in [-0.39, 0.29) is 18.2 Å². The van der Waals surface area contributed by atoms with Gasteiger partial charge in [0.15, 0.2) is 0 Å². The van der Waals surface area contributed by atoms with Crippen molar-refractivity contribution in [2.24, 2.45) is 5.92 Å². The van der Waals surface area contributed by atoms with Crippen LogP contribution in [0.5, 0.6) is 0 Å². The second-order valence-electron chi connectivity index (χ2n) is 5.15. The third kappa shape index (κ3) is 4.03.